The first-order valence-corrected chi connectivity index (χ1v) is 7.31. The highest BCUT2D eigenvalue weighted by atomic mass is 32.1. The molecule has 1 amide bonds. The van der Waals surface area contributed by atoms with E-state index < -0.39 is 12.0 Å². The van der Waals surface area contributed by atoms with Gasteiger partial charge >= 0.3 is 5.97 Å². The van der Waals surface area contributed by atoms with Crippen molar-refractivity contribution in [2.24, 2.45) is 0 Å². The number of methoxy groups -OCH3 is 1. The van der Waals surface area contributed by atoms with Crippen molar-refractivity contribution in [1.29, 1.82) is 0 Å². The lowest BCUT2D eigenvalue weighted by molar-refractivity contribution is -0.145. The highest BCUT2D eigenvalue weighted by Crippen LogP contribution is 2.15. The number of hydrogen-bond acceptors (Lipinski definition) is 5. The molecule has 0 saturated carbocycles. The van der Waals surface area contributed by atoms with Gasteiger partial charge in [0.1, 0.15) is 0 Å². The summed E-state index contributed by atoms with van der Waals surface area (Å²) in [5.41, 5.74) is 1.39. The standard InChI is InChI=1S/C15H16N2O3S/c1-10-16-12(9-21-10)8-13(18)17-14(15(19)20-2)11-6-4-3-5-7-11/h3-7,9,14H,8H2,1-2H3,(H,17,18). The van der Waals surface area contributed by atoms with E-state index in [1.807, 2.05) is 18.4 Å². The van der Waals surface area contributed by atoms with Crippen molar-refractivity contribution in [1.82, 2.24) is 10.3 Å². The maximum Gasteiger partial charge on any atom is 0.333 e. The van der Waals surface area contributed by atoms with Gasteiger partial charge in [-0.3, -0.25) is 4.79 Å². The van der Waals surface area contributed by atoms with E-state index >= 15 is 0 Å². The first kappa shape index (κ1) is 15.2. The number of ether oxygens (including phenoxy) is 1. The molecular weight excluding hydrogens is 288 g/mol. The first-order chi connectivity index (χ1) is 10.1. The lowest BCUT2D eigenvalue weighted by Gasteiger charge is -2.16. The Balaban J connectivity index is 2.08. The summed E-state index contributed by atoms with van der Waals surface area (Å²) >= 11 is 1.49. The van der Waals surface area contributed by atoms with E-state index in [1.165, 1.54) is 18.4 Å². The molecule has 2 aromatic rings. The number of hydrogen-bond donors (Lipinski definition) is 1. The van der Waals surface area contributed by atoms with E-state index in [-0.39, 0.29) is 12.3 Å². The van der Waals surface area contributed by atoms with Gasteiger partial charge in [0.05, 0.1) is 24.2 Å². The van der Waals surface area contributed by atoms with E-state index in [1.54, 1.807) is 24.3 Å². The van der Waals surface area contributed by atoms with Crippen LogP contribution in [-0.4, -0.2) is 24.0 Å². The first-order valence-electron chi connectivity index (χ1n) is 6.43. The highest BCUT2D eigenvalue weighted by molar-refractivity contribution is 7.09. The third-order valence-electron chi connectivity index (χ3n) is 2.88. The maximum absolute atomic E-state index is 12.1. The van der Waals surface area contributed by atoms with E-state index in [0.717, 1.165) is 5.01 Å². The Morgan fingerprint density at radius 2 is 2.05 bits per heavy atom. The molecule has 0 saturated heterocycles. The van der Waals surface area contributed by atoms with Crippen LogP contribution < -0.4 is 5.32 Å². The zero-order valence-electron chi connectivity index (χ0n) is 11.8. The molecule has 1 unspecified atom stereocenters. The summed E-state index contributed by atoms with van der Waals surface area (Å²) in [5.74, 6) is -0.761. The van der Waals surface area contributed by atoms with Gasteiger partial charge in [-0.25, -0.2) is 9.78 Å². The molecular formula is C15H16N2O3S. The van der Waals surface area contributed by atoms with Crippen molar-refractivity contribution in [3.05, 3.63) is 52.0 Å². The van der Waals surface area contributed by atoms with Gasteiger partial charge in [-0.2, -0.15) is 0 Å². The van der Waals surface area contributed by atoms with Crippen LogP contribution in [-0.2, 0) is 20.7 Å². The number of carbonyl (C=O) groups is 2. The minimum absolute atomic E-state index is 0.144. The van der Waals surface area contributed by atoms with Crippen LogP contribution >= 0.6 is 11.3 Å². The molecule has 0 aliphatic carbocycles. The van der Waals surface area contributed by atoms with Gasteiger partial charge in [0, 0.05) is 5.38 Å². The van der Waals surface area contributed by atoms with E-state index in [9.17, 15) is 9.59 Å². The third-order valence-corrected chi connectivity index (χ3v) is 3.71. The lowest BCUT2D eigenvalue weighted by atomic mass is 10.1. The molecule has 2 rings (SSSR count). The van der Waals surface area contributed by atoms with Crippen molar-refractivity contribution in [2.75, 3.05) is 7.11 Å². The molecule has 1 aromatic heterocycles. The number of esters is 1. The van der Waals surface area contributed by atoms with Crippen LogP contribution in [0.25, 0.3) is 0 Å². The van der Waals surface area contributed by atoms with Gasteiger partial charge in [0.15, 0.2) is 6.04 Å². The third kappa shape index (κ3) is 4.13. The lowest BCUT2D eigenvalue weighted by Crippen LogP contribution is -2.35. The van der Waals surface area contributed by atoms with Crippen LogP contribution in [0.15, 0.2) is 35.7 Å². The fraction of sp³-hybridized carbons (Fsp3) is 0.267. The number of nitrogens with one attached hydrogen (secondary N) is 1. The van der Waals surface area contributed by atoms with Crippen LogP contribution in [0.4, 0.5) is 0 Å². The minimum atomic E-state index is -0.802. The zero-order valence-corrected chi connectivity index (χ0v) is 12.6. The summed E-state index contributed by atoms with van der Waals surface area (Å²) in [4.78, 5) is 28.2. The van der Waals surface area contributed by atoms with Crippen molar-refractivity contribution in [2.45, 2.75) is 19.4 Å². The molecule has 1 heterocycles. The van der Waals surface area contributed by atoms with E-state index in [2.05, 4.69) is 10.3 Å². The predicted octanol–water partition coefficient (Wildman–Crippen LogP) is 2.02. The number of thiazole rings is 1. The number of benzene rings is 1. The predicted molar refractivity (Wildman–Crippen MR) is 79.9 cm³/mol. The van der Waals surface area contributed by atoms with Gasteiger partial charge in [-0.15, -0.1) is 11.3 Å². The molecule has 6 heteroatoms. The molecule has 1 atom stereocenters. The maximum atomic E-state index is 12.1. The second-order valence-electron chi connectivity index (χ2n) is 4.47. The molecule has 1 aromatic carbocycles. The molecule has 5 nitrogen and oxygen atoms in total. The van der Waals surface area contributed by atoms with Crippen LogP contribution in [0.2, 0.25) is 0 Å². The molecule has 0 fully saturated rings. The van der Waals surface area contributed by atoms with Crippen molar-refractivity contribution < 1.29 is 14.3 Å². The second kappa shape index (κ2) is 6.99. The Hall–Kier alpha value is -2.21. The van der Waals surface area contributed by atoms with Crippen LogP contribution in [0.5, 0.6) is 0 Å². The Bertz CT molecular complexity index is 625. The molecule has 0 spiro atoms. The number of carbonyl (C=O) groups excluding carboxylic acids is 2. The Labute approximate surface area is 127 Å². The molecule has 1 N–H and O–H groups in total. The molecule has 0 aliphatic rings. The summed E-state index contributed by atoms with van der Waals surface area (Å²) in [6.45, 7) is 1.88. The Kier molecular flexibility index (Phi) is 5.05. The van der Waals surface area contributed by atoms with Crippen molar-refractivity contribution in [3.8, 4) is 0 Å². The van der Waals surface area contributed by atoms with Gasteiger partial charge in [-0.05, 0) is 12.5 Å². The van der Waals surface area contributed by atoms with Crippen molar-refractivity contribution in [3.63, 3.8) is 0 Å². The van der Waals surface area contributed by atoms with Gasteiger partial charge in [0.25, 0.3) is 0 Å². The topological polar surface area (TPSA) is 68.3 Å². The fourth-order valence-corrected chi connectivity index (χ4v) is 2.52. The molecule has 21 heavy (non-hydrogen) atoms. The summed E-state index contributed by atoms with van der Waals surface area (Å²) in [7, 11) is 1.30. The van der Waals surface area contributed by atoms with E-state index in [0.29, 0.717) is 11.3 Å². The number of nitrogens with zero attached hydrogens (tertiary/aromatic N) is 1. The number of rotatable bonds is 5. The van der Waals surface area contributed by atoms with Crippen molar-refractivity contribution >= 4 is 23.2 Å². The number of aromatic nitrogens is 1. The monoisotopic (exact) mass is 304 g/mol. The van der Waals surface area contributed by atoms with Gasteiger partial charge in [-0.1, -0.05) is 30.3 Å². The summed E-state index contributed by atoms with van der Waals surface area (Å²) in [6, 6.07) is 8.20. The molecule has 110 valence electrons. The number of amides is 1. The van der Waals surface area contributed by atoms with Crippen LogP contribution in [0.3, 0.4) is 0 Å². The van der Waals surface area contributed by atoms with Gasteiger partial charge in [0.2, 0.25) is 5.91 Å². The summed E-state index contributed by atoms with van der Waals surface area (Å²) in [5, 5.41) is 5.44. The Morgan fingerprint density at radius 1 is 1.33 bits per heavy atom. The largest absolute Gasteiger partial charge is 0.467 e. The summed E-state index contributed by atoms with van der Waals surface area (Å²) in [6.07, 6.45) is 0.144. The molecule has 0 bridgehead atoms. The average Bonchev–Trinajstić information content (AvgIpc) is 2.90. The summed E-state index contributed by atoms with van der Waals surface area (Å²) < 4.78 is 4.75. The quantitative estimate of drug-likeness (QED) is 0.858. The molecule has 0 radical (unpaired) electrons. The highest BCUT2D eigenvalue weighted by Gasteiger charge is 2.23. The SMILES string of the molecule is COC(=O)C(NC(=O)Cc1csc(C)n1)c1ccccc1. The average molecular weight is 304 g/mol. The minimum Gasteiger partial charge on any atom is -0.467 e. The van der Waals surface area contributed by atoms with Gasteiger partial charge < -0.3 is 10.1 Å². The molecule has 0 aliphatic heterocycles. The number of aryl methyl sites for hydroxylation is 1. The fourth-order valence-electron chi connectivity index (χ4n) is 1.91. The normalized spacial score (nSPS) is 11.7. The second-order valence-corrected chi connectivity index (χ2v) is 5.53. The zero-order chi connectivity index (χ0) is 15.2. The van der Waals surface area contributed by atoms with Crippen LogP contribution in [0.1, 0.15) is 22.3 Å². The Morgan fingerprint density at radius 3 is 2.62 bits per heavy atom. The van der Waals surface area contributed by atoms with Crippen LogP contribution in [0, 0.1) is 6.92 Å². The van der Waals surface area contributed by atoms with E-state index in [4.69, 9.17) is 4.74 Å². The smallest absolute Gasteiger partial charge is 0.333 e.